The number of carbonyl (C=O) groups excluding carboxylic acids is 1. The third kappa shape index (κ3) is 4.55. The largest absolute Gasteiger partial charge is 0.433 e. The van der Waals surface area contributed by atoms with E-state index in [9.17, 15) is 35.5 Å². The molecule has 1 aromatic heterocycles. The van der Waals surface area contributed by atoms with Gasteiger partial charge in [0, 0.05) is 24.0 Å². The molecule has 0 radical (unpaired) electrons. The number of fused-ring (bicyclic) bond motifs is 3. The van der Waals surface area contributed by atoms with Gasteiger partial charge in [0.15, 0.2) is 0 Å². The van der Waals surface area contributed by atoms with Crippen LogP contribution >= 0.6 is 0 Å². The van der Waals surface area contributed by atoms with Gasteiger partial charge in [-0.15, -0.1) is 0 Å². The van der Waals surface area contributed by atoms with Gasteiger partial charge in [0.25, 0.3) is 0 Å². The van der Waals surface area contributed by atoms with Gasteiger partial charge in [-0.2, -0.15) is 26.3 Å². The second-order valence-corrected chi connectivity index (χ2v) is 8.92. The molecular weight excluding hydrogens is 507 g/mol. The Kier molecular flexibility index (Phi) is 5.99. The normalized spacial score (nSPS) is 18.7. The van der Waals surface area contributed by atoms with E-state index in [1.54, 1.807) is 12.1 Å². The smallest absolute Gasteiger partial charge is 0.378 e. The van der Waals surface area contributed by atoms with Crippen LogP contribution in [0.3, 0.4) is 0 Å². The van der Waals surface area contributed by atoms with Crippen LogP contribution in [0.25, 0.3) is 11.1 Å². The first kappa shape index (κ1) is 25.2. The zero-order chi connectivity index (χ0) is 26.6. The molecule has 194 valence electrons. The Labute approximate surface area is 205 Å². The average Bonchev–Trinajstić information content (AvgIpc) is 2.95. The van der Waals surface area contributed by atoms with Crippen molar-refractivity contribution in [3.05, 3.63) is 82.9 Å². The SMILES string of the molecule is O=C(Nc1ccc(F)cc1)C1(c2ccc3c(c2)CN[C@@H](C(F)(F)F)c2cc(C(F)(F)F)ncc2-3)COC1. The van der Waals surface area contributed by atoms with E-state index in [2.05, 4.69) is 15.6 Å². The van der Waals surface area contributed by atoms with Crippen molar-refractivity contribution in [1.29, 1.82) is 0 Å². The van der Waals surface area contributed by atoms with Gasteiger partial charge in [-0.25, -0.2) is 4.39 Å². The second-order valence-electron chi connectivity index (χ2n) is 8.92. The van der Waals surface area contributed by atoms with Crippen LogP contribution in [0.15, 0.2) is 54.7 Å². The van der Waals surface area contributed by atoms with Crippen molar-refractivity contribution >= 4 is 11.6 Å². The number of ether oxygens (including phenoxy) is 1. The van der Waals surface area contributed by atoms with Crippen LogP contribution in [0.4, 0.5) is 36.4 Å². The highest BCUT2D eigenvalue weighted by atomic mass is 19.4. The number of nitrogens with one attached hydrogen (secondary N) is 2. The number of aromatic nitrogens is 1. The lowest BCUT2D eigenvalue weighted by molar-refractivity contribution is -0.158. The van der Waals surface area contributed by atoms with E-state index in [1.807, 2.05) is 0 Å². The molecule has 1 saturated heterocycles. The highest BCUT2D eigenvalue weighted by Gasteiger charge is 2.49. The minimum atomic E-state index is -4.92. The standard InChI is InChI=1S/C25H18F7N3O2/c26-15-2-4-16(5-3-15)35-22(36)23(11-37-12-23)14-1-6-17-13(7-14)9-34-21(25(30,31)32)18-8-20(24(27,28)29)33-10-19(17)18/h1-8,10,21,34H,9,11-12H2,(H,35,36)/t21-/m1/s1. The number of nitrogens with zero attached hydrogens (tertiary/aromatic N) is 1. The summed E-state index contributed by atoms with van der Waals surface area (Å²) in [7, 11) is 0. The molecule has 37 heavy (non-hydrogen) atoms. The van der Waals surface area contributed by atoms with Gasteiger partial charge in [0.2, 0.25) is 5.91 Å². The van der Waals surface area contributed by atoms with Gasteiger partial charge < -0.3 is 10.1 Å². The number of hydrogen-bond donors (Lipinski definition) is 2. The highest BCUT2D eigenvalue weighted by molar-refractivity contribution is 6.00. The summed E-state index contributed by atoms with van der Waals surface area (Å²) in [5.74, 6) is -0.927. The number of anilines is 1. The maximum atomic E-state index is 13.9. The quantitative estimate of drug-likeness (QED) is 0.443. The third-order valence-corrected chi connectivity index (χ3v) is 6.54. The van der Waals surface area contributed by atoms with Crippen LogP contribution < -0.4 is 10.6 Å². The number of carbonyl (C=O) groups is 1. The Balaban J connectivity index is 1.54. The summed E-state index contributed by atoms with van der Waals surface area (Å²) in [5, 5.41) is 5.01. The van der Waals surface area contributed by atoms with Crippen molar-refractivity contribution in [2.24, 2.45) is 0 Å². The molecule has 1 amide bonds. The molecule has 5 nitrogen and oxygen atoms in total. The lowest BCUT2D eigenvalue weighted by atomic mass is 9.76. The molecule has 1 fully saturated rings. The molecule has 3 heterocycles. The summed E-state index contributed by atoms with van der Waals surface area (Å²) in [4.78, 5) is 16.6. The first-order chi connectivity index (χ1) is 17.4. The van der Waals surface area contributed by atoms with Crippen molar-refractivity contribution in [3.63, 3.8) is 0 Å². The minimum Gasteiger partial charge on any atom is -0.378 e. The zero-order valence-corrected chi connectivity index (χ0v) is 18.8. The molecular formula is C25H18F7N3O2. The third-order valence-electron chi connectivity index (χ3n) is 6.54. The number of amides is 1. The van der Waals surface area contributed by atoms with Gasteiger partial charge in [0.05, 0.1) is 13.2 Å². The predicted octanol–water partition coefficient (Wildman–Crippen LogP) is 5.52. The van der Waals surface area contributed by atoms with Crippen molar-refractivity contribution in [2.45, 2.75) is 30.4 Å². The molecule has 2 aromatic carbocycles. The van der Waals surface area contributed by atoms with Crippen LogP contribution in [0.2, 0.25) is 0 Å². The van der Waals surface area contributed by atoms with Crippen molar-refractivity contribution < 1.29 is 40.3 Å². The number of benzene rings is 2. The molecule has 5 rings (SSSR count). The van der Waals surface area contributed by atoms with Crippen molar-refractivity contribution in [3.8, 4) is 11.1 Å². The van der Waals surface area contributed by atoms with Gasteiger partial charge in [-0.1, -0.05) is 18.2 Å². The number of alkyl halides is 6. The van der Waals surface area contributed by atoms with Crippen molar-refractivity contribution in [1.82, 2.24) is 10.3 Å². The van der Waals surface area contributed by atoms with Gasteiger partial charge in [-0.05, 0) is 52.6 Å². The Hall–Kier alpha value is -3.51. The predicted molar refractivity (Wildman–Crippen MR) is 118 cm³/mol. The van der Waals surface area contributed by atoms with Crippen LogP contribution in [0.1, 0.15) is 28.4 Å². The molecule has 0 spiro atoms. The van der Waals surface area contributed by atoms with Gasteiger partial charge in [0.1, 0.15) is 23.0 Å². The fourth-order valence-corrected chi connectivity index (χ4v) is 4.52. The van der Waals surface area contributed by atoms with Crippen LogP contribution in [0.5, 0.6) is 0 Å². The molecule has 0 unspecified atom stereocenters. The van der Waals surface area contributed by atoms with Crippen LogP contribution in [-0.4, -0.2) is 30.3 Å². The number of rotatable bonds is 3. The summed E-state index contributed by atoms with van der Waals surface area (Å²) in [6, 6.07) is 7.77. The maximum absolute atomic E-state index is 13.9. The molecule has 12 heteroatoms. The fourth-order valence-electron chi connectivity index (χ4n) is 4.52. The summed E-state index contributed by atoms with van der Waals surface area (Å²) in [6.45, 7) is -0.311. The van der Waals surface area contributed by atoms with Gasteiger partial charge >= 0.3 is 12.4 Å². The summed E-state index contributed by atoms with van der Waals surface area (Å²) in [5.41, 5.74) is -1.81. The molecule has 0 saturated carbocycles. The minimum absolute atomic E-state index is 0.00447. The maximum Gasteiger partial charge on any atom is 0.433 e. The van der Waals surface area contributed by atoms with E-state index in [-0.39, 0.29) is 30.9 Å². The highest BCUT2D eigenvalue weighted by Crippen LogP contribution is 2.44. The molecule has 2 aliphatic heterocycles. The second kappa shape index (κ2) is 8.80. The monoisotopic (exact) mass is 525 g/mol. The Morgan fingerprint density at radius 3 is 2.30 bits per heavy atom. The average molecular weight is 525 g/mol. The Morgan fingerprint density at radius 2 is 1.70 bits per heavy atom. The lowest BCUT2D eigenvalue weighted by Crippen LogP contribution is -2.55. The molecule has 0 bridgehead atoms. The van der Waals surface area contributed by atoms with Crippen LogP contribution in [0, 0.1) is 5.82 Å². The summed E-state index contributed by atoms with van der Waals surface area (Å²) < 4.78 is 99.8. The van der Waals surface area contributed by atoms with E-state index < -0.39 is 46.8 Å². The number of hydrogen-bond acceptors (Lipinski definition) is 4. The van der Waals surface area contributed by atoms with E-state index in [0.29, 0.717) is 22.9 Å². The molecule has 2 aliphatic rings. The molecule has 1 atom stereocenters. The lowest BCUT2D eigenvalue weighted by Gasteiger charge is -2.40. The Morgan fingerprint density at radius 1 is 1.00 bits per heavy atom. The topological polar surface area (TPSA) is 63.2 Å². The molecule has 0 aliphatic carbocycles. The Bertz CT molecular complexity index is 1350. The summed E-state index contributed by atoms with van der Waals surface area (Å²) >= 11 is 0. The first-order valence-electron chi connectivity index (χ1n) is 11.0. The van der Waals surface area contributed by atoms with Gasteiger partial charge in [-0.3, -0.25) is 15.1 Å². The first-order valence-corrected chi connectivity index (χ1v) is 11.0. The number of pyridine rings is 1. The van der Waals surface area contributed by atoms with Crippen molar-refractivity contribution in [2.75, 3.05) is 18.5 Å². The van der Waals surface area contributed by atoms with Crippen LogP contribution in [-0.2, 0) is 27.7 Å². The van der Waals surface area contributed by atoms with E-state index in [4.69, 9.17) is 4.74 Å². The molecule has 3 aromatic rings. The van der Waals surface area contributed by atoms with E-state index in [0.717, 1.165) is 6.20 Å². The zero-order valence-electron chi connectivity index (χ0n) is 18.8. The molecule has 2 N–H and O–H groups in total. The fraction of sp³-hybridized carbons (Fsp3) is 0.280. The summed E-state index contributed by atoms with van der Waals surface area (Å²) in [6.07, 6.45) is -8.99. The number of halogens is 7. The van der Waals surface area contributed by atoms with E-state index >= 15 is 0 Å². The van der Waals surface area contributed by atoms with E-state index in [1.165, 1.54) is 30.3 Å².